The summed E-state index contributed by atoms with van der Waals surface area (Å²) in [5, 5.41) is 8.35. The average Bonchev–Trinajstić information content (AvgIpc) is 2.27. The third-order valence-electron chi connectivity index (χ3n) is 2.38. The van der Waals surface area contributed by atoms with Gasteiger partial charge in [-0.05, 0) is 26.0 Å². The first kappa shape index (κ1) is 14.8. The molecule has 1 aromatic carbocycles. The van der Waals surface area contributed by atoms with E-state index in [-0.39, 0.29) is 21.2 Å². The molecule has 0 radical (unpaired) electrons. The number of hydrogen-bond donors (Lipinski definition) is 1. The molecule has 0 amide bonds. The highest BCUT2D eigenvalue weighted by molar-refractivity contribution is 7.92. The number of benzene rings is 1. The predicted molar refractivity (Wildman–Crippen MR) is 67.3 cm³/mol. The lowest BCUT2D eigenvalue weighted by Gasteiger charge is -2.14. The highest BCUT2D eigenvalue weighted by atomic mass is 35.5. The predicted octanol–water partition coefficient (Wildman–Crippen LogP) is 2.23. The van der Waals surface area contributed by atoms with Crippen LogP contribution in [-0.2, 0) is 9.84 Å². The van der Waals surface area contributed by atoms with Crippen molar-refractivity contribution in [3.8, 4) is 5.75 Å². The molecule has 0 aliphatic heterocycles. The van der Waals surface area contributed by atoms with Crippen molar-refractivity contribution in [2.24, 2.45) is 0 Å². The van der Waals surface area contributed by atoms with Gasteiger partial charge in [0.1, 0.15) is 10.5 Å². The summed E-state index contributed by atoms with van der Waals surface area (Å²) in [7, 11) is -2.45. The average molecular weight is 293 g/mol. The second kappa shape index (κ2) is 5.16. The highest BCUT2D eigenvalue weighted by Crippen LogP contribution is 2.33. The second-order valence-electron chi connectivity index (χ2n) is 3.88. The molecule has 1 rings (SSSR count). The van der Waals surface area contributed by atoms with Gasteiger partial charge in [-0.25, -0.2) is 13.2 Å². The molecular formula is C11H13ClO5S. The summed E-state index contributed by atoms with van der Waals surface area (Å²) in [4.78, 5) is 10.8. The molecule has 0 saturated heterocycles. The van der Waals surface area contributed by atoms with Gasteiger partial charge in [-0.2, -0.15) is 0 Å². The van der Waals surface area contributed by atoms with Crippen molar-refractivity contribution in [2.75, 3.05) is 7.11 Å². The van der Waals surface area contributed by atoms with Crippen LogP contribution in [0.25, 0.3) is 0 Å². The molecule has 0 aliphatic rings. The van der Waals surface area contributed by atoms with E-state index in [9.17, 15) is 13.2 Å². The first-order chi connectivity index (χ1) is 8.21. The minimum atomic E-state index is -3.67. The van der Waals surface area contributed by atoms with Gasteiger partial charge in [0.2, 0.25) is 0 Å². The Labute approximate surface area is 110 Å². The summed E-state index contributed by atoms with van der Waals surface area (Å²) in [6.07, 6.45) is 0. The Morgan fingerprint density at radius 3 is 2.33 bits per heavy atom. The SMILES string of the molecule is COc1c(C(=O)O)cc(Cl)cc1S(=O)(=O)C(C)C. The van der Waals surface area contributed by atoms with E-state index >= 15 is 0 Å². The zero-order chi connectivity index (χ0) is 14.1. The minimum absolute atomic E-state index is 0.0347. The first-order valence-electron chi connectivity index (χ1n) is 5.06. The van der Waals surface area contributed by atoms with Crippen LogP contribution in [0.4, 0.5) is 0 Å². The number of carbonyl (C=O) groups is 1. The van der Waals surface area contributed by atoms with Crippen LogP contribution in [0.15, 0.2) is 17.0 Å². The standard InChI is InChI=1S/C11H13ClO5S/c1-6(2)18(15,16)9-5-7(12)4-8(11(13)14)10(9)17-3/h4-6H,1-3H3,(H,13,14). The lowest BCUT2D eigenvalue weighted by molar-refractivity contribution is 0.0693. The molecule has 0 atom stereocenters. The third-order valence-corrected chi connectivity index (χ3v) is 4.76. The van der Waals surface area contributed by atoms with E-state index in [0.717, 1.165) is 6.07 Å². The van der Waals surface area contributed by atoms with E-state index in [1.165, 1.54) is 27.0 Å². The van der Waals surface area contributed by atoms with E-state index in [0.29, 0.717) is 0 Å². The molecule has 0 aromatic heterocycles. The van der Waals surface area contributed by atoms with Crippen molar-refractivity contribution < 1.29 is 23.1 Å². The van der Waals surface area contributed by atoms with Crippen LogP contribution in [-0.4, -0.2) is 31.9 Å². The van der Waals surface area contributed by atoms with Crippen LogP contribution in [0.3, 0.4) is 0 Å². The maximum atomic E-state index is 12.1. The van der Waals surface area contributed by atoms with E-state index in [1.807, 2.05) is 0 Å². The molecule has 100 valence electrons. The molecule has 0 saturated carbocycles. The van der Waals surface area contributed by atoms with Crippen molar-refractivity contribution in [1.29, 1.82) is 0 Å². The quantitative estimate of drug-likeness (QED) is 0.920. The van der Waals surface area contributed by atoms with Crippen LogP contribution < -0.4 is 4.74 Å². The molecule has 0 fully saturated rings. The maximum Gasteiger partial charge on any atom is 0.339 e. The molecule has 0 spiro atoms. The van der Waals surface area contributed by atoms with Crippen molar-refractivity contribution in [3.05, 3.63) is 22.7 Å². The van der Waals surface area contributed by atoms with Gasteiger partial charge in [0.25, 0.3) is 0 Å². The van der Waals surface area contributed by atoms with Gasteiger partial charge >= 0.3 is 5.97 Å². The Kier molecular flexibility index (Phi) is 4.24. The smallest absolute Gasteiger partial charge is 0.339 e. The zero-order valence-electron chi connectivity index (χ0n) is 10.1. The molecule has 0 bridgehead atoms. The summed E-state index contributed by atoms with van der Waals surface area (Å²) in [5.74, 6) is -1.49. The summed E-state index contributed by atoms with van der Waals surface area (Å²) < 4.78 is 29.1. The third kappa shape index (κ3) is 2.59. The number of methoxy groups -OCH3 is 1. The van der Waals surface area contributed by atoms with Gasteiger partial charge in [0.05, 0.1) is 12.4 Å². The normalized spacial score (nSPS) is 11.6. The molecule has 5 nitrogen and oxygen atoms in total. The molecule has 0 unspecified atom stereocenters. The van der Waals surface area contributed by atoms with E-state index < -0.39 is 21.1 Å². The fourth-order valence-corrected chi connectivity index (χ4v) is 2.94. The van der Waals surface area contributed by atoms with Crippen molar-refractivity contribution >= 4 is 27.4 Å². The fraction of sp³-hybridized carbons (Fsp3) is 0.364. The van der Waals surface area contributed by atoms with Crippen LogP contribution in [0.1, 0.15) is 24.2 Å². The van der Waals surface area contributed by atoms with Crippen LogP contribution in [0.2, 0.25) is 5.02 Å². The Bertz CT molecular complexity index is 577. The molecule has 1 aromatic rings. The Balaban J connectivity index is 3.69. The van der Waals surface area contributed by atoms with Gasteiger partial charge in [-0.1, -0.05) is 11.6 Å². The summed E-state index contributed by atoms with van der Waals surface area (Å²) >= 11 is 5.75. The van der Waals surface area contributed by atoms with Gasteiger partial charge in [-0.3, -0.25) is 0 Å². The number of sulfone groups is 1. The number of aromatic carboxylic acids is 1. The van der Waals surface area contributed by atoms with E-state index in [4.69, 9.17) is 21.4 Å². The van der Waals surface area contributed by atoms with E-state index in [1.54, 1.807) is 0 Å². The molecule has 0 aliphatic carbocycles. The topological polar surface area (TPSA) is 80.7 Å². The molecule has 1 N–H and O–H groups in total. The molecule has 0 heterocycles. The van der Waals surface area contributed by atoms with Crippen LogP contribution >= 0.6 is 11.6 Å². The highest BCUT2D eigenvalue weighted by Gasteiger charge is 2.28. The van der Waals surface area contributed by atoms with Gasteiger partial charge in [0, 0.05) is 5.02 Å². The number of hydrogen-bond acceptors (Lipinski definition) is 4. The number of rotatable bonds is 4. The van der Waals surface area contributed by atoms with Crippen LogP contribution in [0, 0.1) is 0 Å². The summed E-state index contributed by atoms with van der Waals surface area (Å²) in [6, 6.07) is 2.35. The van der Waals surface area contributed by atoms with Crippen molar-refractivity contribution in [1.82, 2.24) is 0 Å². The lowest BCUT2D eigenvalue weighted by atomic mass is 10.2. The monoisotopic (exact) mass is 292 g/mol. The Morgan fingerprint density at radius 2 is 1.94 bits per heavy atom. The number of halogens is 1. The Hall–Kier alpha value is -1.27. The van der Waals surface area contributed by atoms with E-state index in [2.05, 4.69) is 0 Å². The largest absolute Gasteiger partial charge is 0.494 e. The Morgan fingerprint density at radius 1 is 1.39 bits per heavy atom. The zero-order valence-corrected chi connectivity index (χ0v) is 11.7. The number of carboxylic acid groups (broad SMARTS) is 1. The van der Waals surface area contributed by atoms with Gasteiger partial charge in [-0.15, -0.1) is 0 Å². The van der Waals surface area contributed by atoms with Gasteiger partial charge in [0.15, 0.2) is 15.6 Å². The molecular weight excluding hydrogens is 280 g/mol. The first-order valence-corrected chi connectivity index (χ1v) is 6.99. The lowest BCUT2D eigenvalue weighted by Crippen LogP contribution is -2.16. The summed E-state index contributed by atoms with van der Waals surface area (Å²) in [5.41, 5.74) is -0.274. The number of carboxylic acids is 1. The molecule has 7 heteroatoms. The second-order valence-corrected chi connectivity index (χ2v) is 6.79. The fourth-order valence-electron chi connectivity index (χ4n) is 1.40. The van der Waals surface area contributed by atoms with Crippen LogP contribution in [0.5, 0.6) is 5.75 Å². The minimum Gasteiger partial charge on any atom is -0.494 e. The van der Waals surface area contributed by atoms with Crippen molar-refractivity contribution in [2.45, 2.75) is 24.0 Å². The molecule has 18 heavy (non-hydrogen) atoms. The van der Waals surface area contributed by atoms with Gasteiger partial charge < -0.3 is 9.84 Å². The number of ether oxygens (including phenoxy) is 1. The summed E-state index contributed by atoms with van der Waals surface area (Å²) in [6.45, 7) is 2.99. The maximum absolute atomic E-state index is 12.1. The van der Waals surface area contributed by atoms with Crippen molar-refractivity contribution in [3.63, 3.8) is 0 Å².